The van der Waals surface area contributed by atoms with Gasteiger partial charge in [-0.3, -0.25) is 4.79 Å². The maximum Gasteiger partial charge on any atom is 0.417 e. The first-order valence-corrected chi connectivity index (χ1v) is 14.8. The number of rotatable bonds is 7. The van der Waals surface area contributed by atoms with Gasteiger partial charge in [-0.1, -0.05) is 54.1 Å². The molecule has 0 N–H and O–H groups in total. The molecule has 7 nitrogen and oxygen atoms in total. The number of fused-ring (bicyclic) bond motifs is 1. The summed E-state index contributed by atoms with van der Waals surface area (Å²) >= 11 is 6.30. The molecule has 2 aromatic carbocycles. The van der Waals surface area contributed by atoms with Crippen molar-refractivity contribution in [3.63, 3.8) is 0 Å². The number of imide groups is 1. The van der Waals surface area contributed by atoms with Gasteiger partial charge in [-0.05, 0) is 83.7 Å². The molecule has 1 unspecified atom stereocenters. The van der Waals surface area contributed by atoms with Gasteiger partial charge in [0.05, 0.1) is 11.6 Å². The van der Waals surface area contributed by atoms with Crippen LogP contribution in [0.1, 0.15) is 61.9 Å². The third kappa shape index (κ3) is 5.55. The summed E-state index contributed by atoms with van der Waals surface area (Å²) in [7, 11) is 0. The van der Waals surface area contributed by atoms with Crippen molar-refractivity contribution in [1.29, 1.82) is 0 Å². The number of halogens is 1. The van der Waals surface area contributed by atoms with E-state index in [1.807, 2.05) is 82.3 Å². The third-order valence-corrected chi connectivity index (χ3v) is 8.16. The van der Waals surface area contributed by atoms with Gasteiger partial charge in [0.2, 0.25) is 0 Å². The van der Waals surface area contributed by atoms with Crippen molar-refractivity contribution in [3.05, 3.63) is 87.7 Å². The fourth-order valence-electron chi connectivity index (χ4n) is 5.90. The van der Waals surface area contributed by atoms with E-state index >= 15 is 0 Å². The molecule has 220 valence electrons. The average molecular weight is 588 g/mol. The molecule has 1 saturated heterocycles. The molecule has 42 heavy (non-hydrogen) atoms. The number of carbonyl (C=O) groups excluding carboxylic acids is 2. The van der Waals surface area contributed by atoms with Crippen LogP contribution in [0.2, 0.25) is 5.02 Å². The molecule has 0 spiro atoms. The summed E-state index contributed by atoms with van der Waals surface area (Å²) in [6, 6.07) is 16.9. The SMILES string of the molecule is CCn1c(C)c(C)c2c(-c3ccc(Cl)cc3)c([C@@H](OC(C)(C)C)C(=O)N3C(=O)OCC3Cc3ccccc3)c(C)nc21. The Labute approximate surface area is 252 Å². The highest BCUT2D eigenvalue weighted by Gasteiger charge is 2.44. The maximum absolute atomic E-state index is 14.6. The van der Waals surface area contributed by atoms with Gasteiger partial charge in [0.1, 0.15) is 12.3 Å². The molecule has 8 heteroatoms. The van der Waals surface area contributed by atoms with Gasteiger partial charge in [-0.15, -0.1) is 0 Å². The summed E-state index contributed by atoms with van der Waals surface area (Å²) in [5.74, 6) is -0.461. The van der Waals surface area contributed by atoms with Crippen molar-refractivity contribution in [2.45, 2.75) is 79.2 Å². The van der Waals surface area contributed by atoms with E-state index < -0.39 is 29.7 Å². The predicted octanol–water partition coefficient (Wildman–Crippen LogP) is 7.75. The molecule has 1 aliphatic rings. The second-order valence-corrected chi connectivity index (χ2v) is 12.3. The van der Waals surface area contributed by atoms with Crippen LogP contribution in [0, 0.1) is 20.8 Å². The molecule has 2 amide bonds. The van der Waals surface area contributed by atoms with E-state index in [1.54, 1.807) is 0 Å². The number of carbonyl (C=O) groups is 2. The Morgan fingerprint density at radius 1 is 1.10 bits per heavy atom. The Balaban J connectivity index is 1.74. The quantitative estimate of drug-likeness (QED) is 0.221. The lowest BCUT2D eigenvalue weighted by Gasteiger charge is -2.32. The summed E-state index contributed by atoms with van der Waals surface area (Å²) < 4.78 is 14.2. The lowest BCUT2D eigenvalue weighted by molar-refractivity contribution is -0.152. The minimum Gasteiger partial charge on any atom is -0.447 e. The Kier molecular flexibility index (Phi) is 8.19. The van der Waals surface area contributed by atoms with Crippen molar-refractivity contribution in [3.8, 4) is 11.1 Å². The Hall–Kier alpha value is -3.68. The summed E-state index contributed by atoms with van der Waals surface area (Å²) in [4.78, 5) is 34.1. The molecule has 3 heterocycles. The highest BCUT2D eigenvalue weighted by Crippen LogP contribution is 2.43. The Bertz CT molecular complexity index is 1640. The van der Waals surface area contributed by atoms with E-state index in [1.165, 1.54) is 4.90 Å². The summed E-state index contributed by atoms with van der Waals surface area (Å²) in [6.45, 7) is 14.8. The lowest BCUT2D eigenvalue weighted by Crippen LogP contribution is -2.45. The van der Waals surface area contributed by atoms with Crippen LogP contribution in [-0.4, -0.2) is 44.7 Å². The number of aromatic nitrogens is 2. The topological polar surface area (TPSA) is 73.7 Å². The van der Waals surface area contributed by atoms with Gasteiger partial charge >= 0.3 is 6.09 Å². The monoisotopic (exact) mass is 587 g/mol. The number of aryl methyl sites for hydroxylation is 3. The number of nitrogens with zero attached hydrogens (tertiary/aromatic N) is 3. The van der Waals surface area contributed by atoms with Crippen molar-refractivity contribution in [2.75, 3.05) is 6.61 Å². The molecular formula is C34H38ClN3O4. The van der Waals surface area contributed by atoms with Crippen LogP contribution < -0.4 is 0 Å². The molecule has 4 aromatic rings. The molecule has 5 rings (SSSR count). The summed E-state index contributed by atoms with van der Waals surface area (Å²) in [5.41, 5.74) is 6.39. The molecule has 0 saturated carbocycles. The number of ether oxygens (including phenoxy) is 2. The Morgan fingerprint density at radius 3 is 2.38 bits per heavy atom. The molecule has 0 aliphatic carbocycles. The second-order valence-electron chi connectivity index (χ2n) is 11.9. The lowest BCUT2D eigenvalue weighted by atomic mass is 9.90. The largest absolute Gasteiger partial charge is 0.447 e. The molecule has 0 bridgehead atoms. The van der Waals surface area contributed by atoms with Gasteiger partial charge in [-0.25, -0.2) is 14.7 Å². The van der Waals surface area contributed by atoms with Crippen molar-refractivity contribution in [1.82, 2.24) is 14.5 Å². The first-order chi connectivity index (χ1) is 19.9. The first kappa shape index (κ1) is 29.8. The van der Waals surface area contributed by atoms with Gasteiger partial charge in [0, 0.05) is 39.5 Å². The number of cyclic esters (lactones) is 1. The molecule has 2 aromatic heterocycles. The van der Waals surface area contributed by atoms with E-state index in [2.05, 4.69) is 25.3 Å². The van der Waals surface area contributed by atoms with E-state index in [-0.39, 0.29) is 6.61 Å². The van der Waals surface area contributed by atoms with Gasteiger partial charge in [0.15, 0.2) is 6.10 Å². The van der Waals surface area contributed by atoms with E-state index in [4.69, 9.17) is 26.1 Å². The third-order valence-electron chi connectivity index (χ3n) is 7.90. The van der Waals surface area contributed by atoms with Crippen LogP contribution in [0.25, 0.3) is 22.2 Å². The maximum atomic E-state index is 14.6. The van der Waals surface area contributed by atoms with Gasteiger partial charge in [0.25, 0.3) is 5.91 Å². The standard InChI is InChI=1S/C34H38ClN3O4/c1-8-37-22(4)20(2)27-29(24-14-16-25(35)17-15-24)28(21(3)36-31(27)37)30(42-34(5,6)7)32(39)38-26(19-41-33(38)40)18-23-12-10-9-11-13-23/h9-17,26,30H,8,18-19H2,1-7H3/t26?,30-/m1/s1. The summed E-state index contributed by atoms with van der Waals surface area (Å²) in [5, 5.41) is 1.57. The van der Waals surface area contributed by atoms with Crippen molar-refractivity contribution < 1.29 is 19.1 Å². The molecule has 1 fully saturated rings. The second kappa shape index (κ2) is 11.5. The summed E-state index contributed by atoms with van der Waals surface area (Å²) in [6.07, 6.45) is -1.29. The highest BCUT2D eigenvalue weighted by molar-refractivity contribution is 6.30. The molecular weight excluding hydrogens is 550 g/mol. The van der Waals surface area contributed by atoms with Crippen molar-refractivity contribution >= 4 is 34.6 Å². The number of pyridine rings is 1. The number of benzene rings is 2. The minimum absolute atomic E-state index is 0.125. The van der Waals surface area contributed by atoms with Crippen LogP contribution in [-0.2, 0) is 27.2 Å². The van der Waals surface area contributed by atoms with E-state index in [9.17, 15) is 9.59 Å². The molecule has 0 radical (unpaired) electrons. The number of amides is 2. The van der Waals surface area contributed by atoms with Crippen LogP contribution in [0.5, 0.6) is 0 Å². The van der Waals surface area contributed by atoms with Crippen LogP contribution in [0.3, 0.4) is 0 Å². The zero-order valence-corrected chi connectivity index (χ0v) is 26.1. The van der Waals surface area contributed by atoms with Gasteiger partial charge < -0.3 is 14.0 Å². The normalized spacial score (nSPS) is 16.2. The van der Waals surface area contributed by atoms with Crippen LogP contribution >= 0.6 is 11.6 Å². The fourth-order valence-corrected chi connectivity index (χ4v) is 6.02. The van der Waals surface area contributed by atoms with Crippen molar-refractivity contribution in [2.24, 2.45) is 0 Å². The van der Waals surface area contributed by atoms with Crippen LogP contribution in [0.4, 0.5) is 4.79 Å². The Morgan fingerprint density at radius 2 is 1.76 bits per heavy atom. The van der Waals surface area contributed by atoms with Gasteiger partial charge in [-0.2, -0.15) is 0 Å². The van der Waals surface area contributed by atoms with Crippen LogP contribution in [0.15, 0.2) is 54.6 Å². The number of hydrogen-bond donors (Lipinski definition) is 0. The predicted molar refractivity (Wildman–Crippen MR) is 166 cm³/mol. The fraction of sp³-hybridized carbons (Fsp3) is 0.382. The first-order valence-electron chi connectivity index (χ1n) is 14.4. The smallest absolute Gasteiger partial charge is 0.417 e. The average Bonchev–Trinajstić information content (AvgIpc) is 3.42. The van der Waals surface area contributed by atoms with E-state index in [0.717, 1.165) is 45.5 Å². The number of hydrogen-bond acceptors (Lipinski definition) is 5. The zero-order valence-electron chi connectivity index (χ0n) is 25.3. The molecule has 2 atom stereocenters. The molecule has 1 aliphatic heterocycles. The zero-order chi connectivity index (χ0) is 30.3. The highest BCUT2D eigenvalue weighted by atomic mass is 35.5. The minimum atomic E-state index is -1.11. The van der Waals surface area contributed by atoms with E-state index in [0.29, 0.717) is 22.7 Å².